The van der Waals surface area contributed by atoms with Crippen molar-refractivity contribution in [2.75, 3.05) is 4.90 Å². The summed E-state index contributed by atoms with van der Waals surface area (Å²) in [5, 5.41) is 2.50. The van der Waals surface area contributed by atoms with Crippen LogP contribution in [0.2, 0.25) is 5.02 Å². The van der Waals surface area contributed by atoms with Gasteiger partial charge in [0.15, 0.2) is 0 Å². The highest BCUT2D eigenvalue weighted by Crippen LogP contribution is 2.39. The van der Waals surface area contributed by atoms with E-state index in [0.29, 0.717) is 28.0 Å². The third-order valence-corrected chi connectivity index (χ3v) is 7.75. The zero-order valence-electron chi connectivity index (χ0n) is 18.0. The van der Waals surface area contributed by atoms with E-state index in [1.54, 1.807) is 30.3 Å². The monoisotopic (exact) mass is 627 g/mol. The molecule has 0 unspecified atom stereocenters. The van der Waals surface area contributed by atoms with Crippen LogP contribution in [-0.2, 0) is 11.4 Å². The van der Waals surface area contributed by atoms with E-state index in [1.165, 1.54) is 0 Å². The number of fused-ring (bicyclic) bond motifs is 1. The van der Waals surface area contributed by atoms with Crippen LogP contribution in [0.1, 0.15) is 11.1 Å². The Morgan fingerprint density at radius 2 is 1.60 bits per heavy atom. The number of nitrogens with zero attached hydrogens (tertiary/aromatic N) is 1. The van der Waals surface area contributed by atoms with Gasteiger partial charge in [-0.2, -0.15) is 0 Å². The molecule has 4 aromatic rings. The summed E-state index contributed by atoms with van der Waals surface area (Å²) in [4.78, 5) is 27.0. The summed E-state index contributed by atoms with van der Waals surface area (Å²) < 4.78 is 7.61. The highest BCUT2D eigenvalue weighted by molar-refractivity contribution is 9.11. The predicted octanol–water partition coefficient (Wildman–Crippen LogP) is 8.84. The van der Waals surface area contributed by atoms with Gasteiger partial charge in [-0.3, -0.25) is 9.59 Å². The number of carbonyl (C=O) groups excluding carboxylic acids is 2. The van der Waals surface area contributed by atoms with Gasteiger partial charge >= 0.3 is 0 Å². The van der Waals surface area contributed by atoms with E-state index in [-0.39, 0.29) is 11.1 Å². The molecule has 4 nitrogen and oxygen atoms in total. The molecule has 0 bridgehead atoms. The Balaban J connectivity index is 1.37. The molecule has 2 amide bonds. The maximum atomic E-state index is 12.9. The van der Waals surface area contributed by atoms with Gasteiger partial charge in [-0.05, 0) is 108 Å². The van der Waals surface area contributed by atoms with E-state index in [2.05, 4.69) is 56.1 Å². The molecule has 0 aromatic heterocycles. The third-order valence-electron chi connectivity index (χ3n) is 5.45. The number of hydrogen-bond donors (Lipinski definition) is 0. The van der Waals surface area contributed by atoms with Crippen molar-refractivity contribution in [3.8, 4) is 5.75 Å². The molecule has 1 aliphatic rings. The number of halogens is 3. The molecule has 4 aromatic carbocycles. The SMILES string of the molecule is O=C1S/C(=C/c2cc(Br)c(OCc3cccc4ccccc34)c(Br)c2)C(=O)N1c1ccc(Cl)cc1. The fourth-order valence-corrected chi connectivity index (χ4v) is 6.22. The maximum Gasteiger partial charge on any atom is 0.298 e. The first-order valence-corrected chi connectivity index (χ1v) is 13.3. The zero-order chi connectivity index (χ0) is 24.5. The van der Waals surface area contributed by atoms with Gasteiger partial charge in [-0.25, -0.2) is 4.90 Å². The van der Waals surface area contributed by atoms with Crippen molar-refractivity contribution >= 4 is 88.9 Å². The van der Waals surface area contributed by atoms with Gasteiger partial charge in [-0.15, -0.1) is 0 Å². The first kappa shape index (κ1) is 24.1. The van der Waals surface area contributed by atoms with Crippen molar-refractivity contribution in [2.24, 2.45) is 0 Å². The van der Waals surface area contributed by atoms with Crippen LogP contribution in [0.4, 0.5) is 10.5 Å². The van der Waals surface area contributed by atoms with Crippen molar-refractivity contribution < 1.29 is 14.3 Å². The standard InChI is InChI=1S/C27H16Br2ClNO3S/c28-22-12-16(14-24-26(32)31(27(33)35-24)20-10-8-19(30)9-11-20)13-23(29)25(22)34-15-18-6-3-5-17-4-1-2-7-21(17)18/h1-14H,15H2/b24-14+. The lowest BCUT2D eigenvalue weighted by atomic mass is 10.1. The number of imide groups is 1. The number of ether oxygens (including phenoxy) is 1. The summed E-state index contributed by atoms with van der Waals surface area (Å²) in [6.45, 7) is 0.401. The molecule has 1 heterocycles. The average Bonchev–Trinajstić information content (AvgIpc) is 3.11. The van der Waals surface area contributed by atoms with E-state index in [1.807, 2.05) is 30.3 Å². The lowest BCUT2D eigenvalue weighted by Gasteiger charge is -2.13. The number of hydrogen-bond acceptors (Lipinski definition) is 4. The molecule has 0 N–H and O–H groups in total. The molecule has 5 rings (SSSR count). The second-order valence-corrected chi connectivity index (χ2v) is 10.9. The number of amides is 2. The molecule has 8 heteroatoms. The second-order valence-electron chi connectivity index (χ2n) is 7.73. The number of benzene rings is 4. The van der Waals surface area contributed by atoms with E-state index < -0.39 is 0 Å². The molecule has 1 saturated heterocycles. The number of rotatable bonds is 5. The first-order chi connectivity index (χ1) is 16.9. The summed E-state index contributed by atoms with van der Waals surface area (Å²) in [6, 6.07) is 24.7. The minimum absolute atomic E-state index is 0.341. The Kier molecular flexibility index (Phi) is 7.02. The lowest BCUT2D eigenvalue weighted by molar-refractivity contribution is -0.113. The summed E-state index contributed by atoms with van der Waals surface area (Å²) in [6.07, 6.45) is 1.70. The van der Waals surface area contributed by atoms with E-state index in [9.17, 15) is 9.59 Å². The fraction of sp³-hybridized carbons (Fsp3) is 0.0370. The second kappa shape index (κ2) is 10.2. The van der Waals surface area contributed by atoms with Crippen LogP contribution in [0.3, 0.4) is 0 Å². The van der Waals surface area contributed by atoms with Gasteiger partial charge in [-0.1, -0.05) is 54.1 Å². The van der Waals surface area contributed by atoms with E-state index >= 15 is 0 Å². The molecule has 0 saturated carbocycles. The third kappa shape index (κ3) is 5.05. The molecule has 1 aliphatic heterocycles. The van der Waals surface area contributed by atoms with Crippen molar-refractivity contribution in [1.82, 2.24) is 0 Å². The summed E-state index contributed by atoms with van der Waals surface area (Å²) in [5.74, 6) is 0.287. The highest BCUT2D eigenvalue weighted by atomic mass is 79.9. The van der Waals surface area contributed by atoms with E-state index in [0.717, 1.165) is 47.5 Å². The summed E-state index contributed by atoms with van der Waals surface area (Å²) in [7, 11) is 0. The molecular formula is C27H16Br2ClNO3S. The van der Waals surface area contributed by atoms with Crippen LogP contribution in [0.5, 0.6) is 5.75 Å². The molecule has 174 valence electrons. The van der Waals surface area contributed by atoms with E-state index in [4.69, 9.17) is 16.3 Å². The number of anilines is 1. The van der Waals surface area contributed by atoms with Crippen LogP contribution < -0.4 is 9.64 Å². The van der Waals surface area contributed by atoms with Gasteiger partial charge in [0.2, 0.25) is 0 Å². The summed E-state index contributed by atoms with van der Waals surface area (Å²) in [5.41, 5.74) is 2.32. The minimum atomic E-state index is -0.370. The van der Waals surface area contributed by atoms with Gasteiger partial charge in [0.05, 0.1) is 19.5 Å². The molecule has 0 atom stereocenters. The van der Waals surface area contributed by atoms with Crippen molar-refractivity contribution in [1.29, 1.82) is 0 Å². The highest BCUT2D eigenvalue weighted by Gasteiger charge is 2.36. The molecule has 0 aliphatic carbocycles. The van der Waals surface area contributed by atoms with Crippen LogP contribution in [0, 0.1) is 0 Å². The van der Waals surface area contributed by atoms with Crippen molar-refractivity contribution in [2.45, 2.75) is 6.61 Å². The zero-order valence-corrected chi connectivity index (χ0v) is 22.7. The topological polar surface area (TPSA) is 46.6 Å². The normalized spacial score (nSPS) is 14.8. The molecule has 1 fully saturated rings. The molecular weight excluding hydrogens is 614 g/mol. The number of carbonyl (C=O) groups is 2. The Morgan fingerprint density at radius 1 is 0.914 bits per heavy atom. The molecule has 0 spiro atoms. The van der Waals surface area contributed by atoms with Crippen LogP contribution in [0.15, 0.2) is 92.7 Å². The Labute approximate surface area is 228 Å². The van der Waals surface area contributed by atoms with Gasteiger partial charge in [0.25, 0.3) is 11.1 Å². The fourth-order valence-electron chi connectivity index (χ4n) is 3.80. The Morgan fingerprint density at radius 3 is 2.34 bits per heavy atom. The Bertz CT molecular complexity index is 1480. The van der Waals surface area contributed by atoms with Crippen LogP contribution >= 0.6 is 55.2 Å². The quantitative estimate of drug-likeness (QED) is 0.207. The van der Waals surface area contributed by atoms with Gasteiger partial charge in [0, 0.05) is 5.02 Å². The molecule has 0 radical (unpaired) electrons. The maximum absolute atomic E-state index is 12.9. The lowest BCUT2D eigenvalue weighted by Crippen LogP contribution is -2.27. The smallest absolute Gasteiger partial charge is 0.298 e. The average molecular weight is 630 g/mol. The van der Waals surface area contributed by atoms with Crippen LogP contribution in [0.25, 0.3) is 16.8 Å². The Hall–Kier alpha value is -2.58. The van der Waals surface area contributed by atoms with Crippen molar-refractivity contribution in [3.63, 3.8) is 0 Å². The molecule has 35 heavy (non-hydrogen) atoms. The largest absolute Gasteiger partial charge is 0.487 e. The van der Waals surface area contributed by atoms with Crippen molar-refractivity contribution in [3.05, 3.63) is 109 Å². The number of thioether (sulfide) groups is 1. The first-order valence-electron chi connectivity index (χ1n) is 10.5. The summed E-state index contributed by atoms with van der Waals surface area (Å²) >= 11 is 14.0. The minimum Gasteiger partial charge on any atom is -0.487 e. The van der Waals surface area contributed by atoms with Gasteiger partial charge in [0.1, 0.15) is 12.4 Å². The van der Waals surface area contributed by atoms with Crippen LogP contribution in [-0.4, -0.2) is 11.1 Å². The predicted molar refractivity (Wildman–Crippen MR) is 150 cm³/mol. The van der Waals surface area contributed by atoms with Gasteiger partial charge < -0.3 is 4.74 Å².